The Labute approximate surface area is 129 Å². The highest BCUT2D eigenvalue weighted by Crippen LogP contribution is 2.33. The van der Waals surface area contributed by atoms with E-state index in [1.807, 2.05) is 31.3 Å². The summed E-state index contributed by atoms with van der Waals surface area (Å²) in [4.78, 5) is 11.0. The van der Waals surface area contributed by atoms with Gasteiger partial charge in [-0.25, -0.2) is 9.98 Å². The molecule has 1 aliphatic rings. The SMILES string of the molecule is CCN(C)/C=N/c1cc(Br)c(OCCC2CC2)nc1C. The molecule has 0 unspecified atom stereocenters. The number of hydrogen-bond acceptors (Lipinski definition) is 3. The van der Waals surface area contributed by atoms with Gasteiger partial charge in [0.2, 0.25) is 5.88 Å². The number of aromatic nitrogens is 1. The van der Waals surface area contributed by atoms with Gasteiger partial charge in [0.25, 0.3) is 0 Å². The Balaban J connectivity index is 2.00. The van der Waals surface area contributed by atoms with Gasteiger partial charge in [0.1, 0.15) is 0 Å². The Bertz CT molecular complexity index is 486. The third-order valence-corrected chi connectivity index (χ3v) is 4.03. The Morgan fingerprint density at radius 2 is 2.30 bits per heavy atom. The Hall–Kier alpha value is -1.10. The molecule has 110 valence electrons. The van der Waals surface area contributed by atoms with Gasteiger partial charge in [-0.2, -0.15) is 0 Å². The number of pyridine rings is 1. The quantitative estimate of drug-likeness (QED) is 0.557. The molecule has 1 aliphatic carbocycles. The van der Waals surface area contributed by atoms with Crippen LogP contribution in [0.4, 0.5) is 5.69 Å². The van der Waals surface area contributed by atoms with Gasteiger partial charge in [0, 0.05) is 13.6 Å². The Kier molecular flexibility index (Phi) is 5.40. The van der Waals surface area contributed by atoms with Crippen LogP contribution in [0.15, 0.2) is 15.5 Å². The first-order valence-electron chi connectivity index (χ1n) is 7.14. The molecule has 4 nitrogen and oxygen atoms in total. The van der Waals surface area contributed by atoms with Gasteiger partial charge in [0.05, 0.1) is 28.8 Å². The molecule has 0 N–H and O–H groups in total. The topological polar surface area (TPSA) is 37.7 Å². The van der Waals surface area contributed by atoms with Crippen molar-refractivity contribution in [1.82, 2.24) is 9.88 Å². The van der Waals surface area contributed by atoms with Gasteiger partial charge in [-0.15, -0.1) is 0 Å². The largest absolute Gasteiger partial charge is 0.477 e. The fourth-order valence-electron chi connectivity index (χ4n) is 1.75. The molecule has 0 amide bonds. The lowest BCUT2D eigenvalue weighted by Crippen LogP contribution is -2.14. The van der Waals surface area contributed by atoms with Crippen LogP contribution >= 0.6 is 15.9 Å². The summed E-state index contributed by atoms with van der Waals surface area (Å²) in [5.41, 5.74) is 1.75. The zero-order valence-corrected chi connectivity index (χ0v) is 14.0. The second-order valence-corrected chi connectivity index (χ2v) is 6.13. The fourth-order valence-corrected chi connectivity index (χ4v) is 2.17. The number of halogens is 1. The number of hydrogen-bond donors (Lipinski definition) is 0. The lowest BCUT2D eigenvalue weighted by molar-refractivity contribution is 0.289. The van der Waals surface area contributed by atoms with Crippen molar-refractivity contribution in [3.8, 4) is 5.88 Å². The van der Waals surface area contributed by atoms with Crippen molar-refractivity contribution in [3.05, 3.63) is 16.2 Å². The first-order valence-corrected chi connectivity index (χ1v) is 7.93. The van der Waals surface area contributed by atoms with E-state index in [1.165, 1.54) is 12.8 Å². The van der Waals surface area contributed by atoms with Crippen LogP contribution in [-0.2, 0) is 0 Å². The molecule has 0 aliphatic heterocycles. The van der Waals surface area contributed by atoms with E-state index in [9.17, 15) is 0 Å². The number of aryl methyl sites for hydroxylation is 1. The molecule has 1 aromatic rings. The smallest absolute Gasteiger partial charge is 0.228 e. The highest BCUT2D eigenvalue weighted by molar-refractivity contribution is 9.10. The maximum Gasteiger partial charge on any atom is 0.228 e. The molecule has 0 aromatic carbocycles. The van der Waals surface area contributed by atoms with E-state index in [1.54, 1.807) is 0 Å². The van der Waals surface area contributed by atoms with Crippen molar-refractivity contribution < 1.29 is 4.74 Å². The van der Waals surface area contributed by atoms with Crippen molar-refractivity contribution in [1.29, 1.82) is 0 Å². The Morgan fingerprint density at radius 3 is 2.95 bits per heavy atom. The summed E-state index contributed by atoms with van der Waals surface area (Å²) in [6, 6.07) is 1.97. The molecule has 1 heterocycles. The van der Waals surface area contributed by atoms with Crippen LogP contribution in [0.25, 0.3) is 0 Å². The highest BCUT2D eigenvalue weighted by atomic mass is 79.9. The van der Waals surface area contributed by atoms with Crippen LogP contribution in [0.5, 0.6) is 5.88 Å². The average Bonchev–Trinajstić information content (AvgIpc) is 3.24. The van der Waals surface area contributed by atoms with Crippen molar-refractivity contribution in [2.45, 2.75) is 33.1 Å². The zero-order valence-electron chi connectivity index (χ0n) is 12.4. The molecule has 1 saturated carbocycles. The van der Waals surface area contributed by atoms with Gasteiger partial charge < -0.3 is 9.64 Å². The Morgan fingerprint density at radius 1 is 1.55 bits per heavy atom. The number of ether oxygens (including phenoxy) is 1. The maximum atomic E-state index is 5.75. The average molecular weight is 340 g/mol. The summed E-state index contributed by atoms with van der Waals surface area (Å²) in [6.45, 7) is 5.72. The predicted octanol–water partition coefficient (Wildman–Crippen LogP) is 3.94. The monoisotopic (exact) mass is 339 g/mol. The molecule has 1 aromatic heterocycles. The first kappa shape index (κ1) is 15.3. The van der Waals surface area contributed by atoms with Crippen molar-refractivity contribution in [2.24, 2.45) is 10.9 Å². The van der Waals surface area contributed by atoms with E-state index < -0.39 is 0 Å². The van der Waals surface area contributed by atoms with Crippen LogP contribution in [0.1, 0.15) is 31.9 Å². The minimum atomic E-state index is 0.672. The van der Waals surface area contributed by atoms with Crippen LogP contribution in [-0.4, -0.2) is 36.4 Å². The molecule has 0 spiro atoms. The minimum Gasteiger partial charge on any atom is -0.477 e. The van der Waals surface area contributed by atoms with Crippen molar-refractivity contribution >= 4 is 28.0 Å². The van der Waals surface area contributed by atoms with E-state index in [-0.39, 0.29) is 0 Å². The second kappa shape index (κ2) is 7.07. The number of aliphatic imine (C=N–C) groups is 1. The molecule has 0 saturated heterocycles. The molecular formula is C15H22BrN3O. The summed E-state index contributed by atoms with van der Waals surface area (Å²) in [5.74, 6) is 1.55. The highest BCUT2D eigenvalue weighted by Gasteiger charge is 2.21. The molecule has 5 heteroatoms. The number of nitrogens with zero attached hydrogens (tertiary/aromatic N) is 3. The summed E-state index contributed by atoms with van der Waals surface area (Å²) < 4.78 is 6.62. The first-order chi connectivity index (χ1) is 9.60. The lowest BCUT2D eigenvalue weighted by atomic mass is 10.3. The van der Waals surface area contributed by atoms with Crippen LogP contribution in [0, 0.1) is 12.8 Å². The second-order valence-electron chi connectivity index (χ2n) is 5.28. The van der Waals surface area contributed by atoms with Crippen molar-refractivity contribution in [3.63, 3.8) is 0 Å². The molecular weight excluding hydrogens is 318 g/mol. The van der Waals surface area contributed by atoms with Gasteiger partial charge in [-0.3, -0.25) is 0 Å². The predicted molar refractivity (Wildman–Crippen MR) is 86.0 cm³/mol. The van der Waals surface area contributed by atoms with E-state index in [0.29, 0.717) is 5.88 Å². The third-order valence-electron chi connectivity index (χ3n) is 3.46. The van der Waals surface area contributed by atoms with E-state index >= 15 is 0 Å². The van der Waals surface area contributed by atoms with Crippen molar-refractivity contribution in [2.75, 3.05) is 20.2 Å². The molecule has 1 fully saturated rings. The fraction of sp³-hybridized carbons (Fsp3) is 0.600. The van der Waals surface area contributed by atoms with Gasteiger partial charge >= 0.3 is 0 Å². The molecule has 0 atom stereocenters. The maximum absolute atomic E-state index is 5.75. The van der Waals surface area contributed by atoms with Crippen LogP contribution in [0.2, 0.25) is 0 Å². The molecule has 20 heavy (non-hydrogen) atoms. The summed E-state index contributed by atoms with van der Waals surface area (Å²) >= 11 is 3.51. The van der Waals surface area contributed by atoms with Gasteiger partial charge in [-0.1, -0.05) is 12.8 Å². The van der Waals surface area contributed by atoms with Gasteiger partial charge in [0.15, 0.2) is 0 Å². The number of rotatable bonds is 7. The van der Waals surface area contributed by atoms with E-state index in [4.69, 9.17) is 4.74 Å². The summed E-state index contributed by atoms with van der Waals surface area (Å²) in [7, 11) is 2.00. The molecule has 0 bridgehead atoms. The van der Waals surface area contributed by atoms with Crippen LogP contribution in [0.3, 0.4) is 0 Å². The van der Waals surface area contributed by atoms with Crippen LogP contribution < -0.4 is 4.74 Å². The minimum absolute atomic E-state index is 0.672. The lowest BCUT2D eigenvalue weighted by Gasteiger charge is -2.11. The summed E-state index contributed by atoms with van der Waals surface area (Å²) in [5, 5.41) is 0. The normalized spacial score (nSPS) is 14.8. The molecule has 2 rings (SSSR count). The van der Waals surface area contributed by atoms with E-state index in [0.717, 1.165) is 41.3 Å². The molecule has 0 radical (unpaired) electrons. The van der Waals surface area contributed by atoms with Gasteiger partial charge in [-0.05, 0) is 48.2 Å². The third kappa shape index (κ3) is 4.47. The zero-order chi connectivity index (χ0) is 14.5. The standard InChI is InChI=1S/C15H22BrN3O/c1-4-19(3)10-17-14-9-13(16)15(18-11(14)2)20-8-7-12-5-6-12/h9-10,12H,4-8H2,1-3H3/b17-10+. The summed E-state index contributed by atoms with van der Waals surface area (Å²) in [6.07, 6.45) is 5.67. The van der Waals surface area contributed by atoms with E-state index in [2.05, 4.69) is 32.8 Å².